The number of aliphatic hydroxyl groups is 1. The molecule has 0 aromatic carbocycles. The van der Waals surface area contributed by atoms with Crippen LogP contribution in [-0.4, -0.2) is 52.9 Å². The minimum Gasteiger partial charge on any atom is -0.376 e. The zero-order chi connectivity index (χ0) is 24.5. The van der Waals surface area contributed by atoms with Crippen LogP contribution in [0.1, 0.15) is 32.3 Å². The molecule has 1 amide bonds. The van der Waals surface area contributed by atoms with Gasteiger partial charge in [-0.15, -0.1) is 0 Å². The Balaban J connectivity index is 1.58. The summed E-state index contributed by atoms with van der Waals surface area (Å²) < 4.78 is 42.7. The van der Waals surface area contributed by atoms with E-state index in [1.807, 2.05) is 0 Å². The number of nitrogens with zero attached hydrogens (tertiary/aromatic N) is 5. The average Bonchev–Trinajstić information content (AvgIpc) is 3.46. The number of carbonyl (C=O) groups is 1. The second-order valence-electron chi connectivity index (χ2n) is 8.12. The number of amides is 1. The molecule has 178 valence electrons. The van der Waals surface area contributed by atoms with Crippen LogP contribution >= 0.6 is 0 Å². The highest BCUT2D eigenvalue weighted by molar-refractivity contribution is 5.88. The molecule has 0 saturated heterocycles. The molecule has 0 aliphatic carbocycles. The number of nitrogens with one attached hydrogen (secondary N) is 2. The third kappa shape index (κ3) is 4.49. The van der Waals surface area contributed by atoms with Gasteiger partial charge in [-0.3, -0.25) is 4.79 Å². The standard InChI is InChI=1S/C22H22F3N7O2/c1-13(2)31-18(33)5-7-21(34,22(23,24)25)15-3-4-17(27-10-15)32-11-14(9-30-32)16-6-8-26-20-19(16)28-12-29-20/h3-4,6,8-13,34H,5,7H2,1-2H3,(H,31,33)(H,26,28,29). The maximum Gasteiger partial charge on any atom is 0.421 e. The molecule has 9 nitrogen and oxygen atoms in total. The number of rotatable bonds is 7. The molecule has 4 aromatic rings. The Labute approximate surface area is 192 Å². The maximum absolute atomic E-state index is 13.8. The molecule has 0 aliphatic heterocycles. The summed E-state index contributed by atoms with van der Waals surface area (Å²) in [6, 6.07) is 4.03. The zero-order valence-corrected chi connectivity index (χ0v) is 18.3. The molecule has 0 saturated carbocycles. The second-order valence-corrected chi connectivity index (χ2v) is 8.12. The van der Waals surface area contributed by atoms with E-state index in [1.165, 1.54) is 17.1 Å². The second kappa shape index (κ2) is 8.86. The van der Waals surface area contributed by atoms with Crippen molar-refractivity contribution >= 4 is 17.1 Å². The smallest absolute Gasteiger partial charge is 0.376 e. The lowest BCUT2D eigenvalue weighted by atomic mass is 9.89. The fourth-order valence-corrected chi connectivity index (χ4v) is 3.58. The first-order valence-electron chi connectivity index (χ1n) is 10.5. The van der Waals surface area contributed by atoms with E-state index in [-0.39, 0.29) is 11.9 Å². The molecule has 0 fully saturated rings. The minimum atomic E-state index is -5.00. The molecular weight excluding hydrogens is 451 g/mol. The summed E-state index contributed by atoms with van der Waals surface area (Å²) in [5.74, 6) is -0.319. The van der Waals surface area contributed by atoms with Crippen molar-refractivity contribution in [1.82, 2.24) is 35.0 Å². The van der Waals surface area contributed by atoms with Crippen LogP contribution in [0, 0.1) is 0 Å². The lowest BCUT2D eigenvalue weighted by molar-refractivity contribution is -0.269. The van der Waals surface area contributed by atoms with E-state index < -0.39 is 36.1 Å². The van der Waals surface area contributed by atoms with Crippen molar-refractivity contribution in [3.8, 4) is 16.9 Å². The van der Waals surface area contributed by atoms with Crippen molar-refractivity contribution in [2.24, 2.45) is 0 Å². The van der Waals surface area contributed by atoms with Crippen molar-refractivity contribution in [2.45, 2.75) is 44.5 Å². The van der Waals surface area contributed by atoms with Crippen LogP contribution in [0.2, 0.25) is 0 Å². The van der Waals surface area contributed by atoms with E-state index in [9.17, 15) is 23.1 Å². The molecule has 4 rings (SSSR count). The van der Waals surface area contributed by atoms with Gasteiger partial charge in [0.15, 0.2) is 17.1 Å². The Hall–Kier alpha value is -3.80. The molecule has 0 bridgehead atoms. The molecule has 1 atom stereocenters. The predicted molar refractivity (Wildman–Crippen MR) is 117 cm³/mol. The van der Waals surface area contributed by atoms with E-state index in [4.69, 9.17) is 0 Å². The summed E-state index contributed by atoms with van der Waals surface area (Å²) in [6.07, 6.45) is 1.03. The molecule has 4 heterocycles. The molecular formula is C22H22F3N7O2. The van der Waals surface area contributed by atoms with Crippen molar-refractivity contribution < 1.29 is 23.1 Å². The number of pyridine rings is 2. The molecule has 34 heavy (non-hydrogen) atoms. The molecule has 12 heteroatoms. The van der Waals surface area contributed by atoms with Crippen LogP contribution < -0.4 is 5.32 Å². The summed E-state index contributed by atoms with van der Waals surface area (Å²) in [7, 11) is 0. The summed E-state index contributed by atoms with van der Waals surface area (Å²) in [4.78, 5) is 27.2. The summed E-state index contributed by atoms with van der Waals surface area (Å²) >= 11 is 0. The molecule has 3 N–H and O–H groups in total. The van der Waals surface area contributed by atoms with Crippen molar-refractivity contribution in [3.05, 3.63) is 54.9 Å². The highest BCUT2D eigenvalue weighted by atomic mass is 19.4. The number of hydrogen-bond donors (Lipinski definition) is 3. The zero-order valence-electron chi connectivity index (χ0n) is 18.3. The van der Waals surface area contributed by atoms with E-state index >= 15 is 0 Å². The fourth-order valence-electron chi connectivity index (χ4n) is 3.58. The van der Waals surface area contributed by atoms with Gasteiger partial charge in [-0.2, -0.15) is 18.3 Å². The van der Waals surface area contributed by atoms with Crippen molar-refractivity contribution in [3.63, 3.8) is 0 Å². The Morgan fingerprint density at radius 3 is 2.65 bits per heavy atom. The minimum absolute atomic E-state index is 0.220. The van der Waals surface area contributed by atoms with E-state index in [2.05, 4.69) is 30.4 Å². The van der Waals surface area contributed by atoms with Gasteiger partial charge in [0.25, 0.3) is 0 Å². The quantitative estimate of drug-likeness (QED) is 0.379. The lowest BCUT2D eigenvalue weighted by Gasteiger charge is -2.30. The number of fused-ring (bicyclic) bond motifs is 1. The topological polar surface area (TPSA) is 122 Å². The van der Waals surface area contributed by atoms with Gasteiger partial charge < -0.3 is 15.4 Å². The summed E-state index contributed by atoms with van der Waals surface area (Å²) in [6.45, 7) is 3.40. The van der Waals surface area contributed by atoms with Crippen LogP contribution in [-0.2, 0) is 10.4 Å². The van der Waals surface area contributed by atoms with Crippen molar-refractivity contribution in [1.29, 1.82) is 0 Å². The van der Waals surface area contributed by atoms with Crippen molar-refractivity contribution in [2.75, 3.05) is 0 Å². The monoisotopic (exact) mass is 473 g/mol. The number of carbonyl (C=O) groups excluding carboxylic acids is 1. The lowest BCUT2D eigenvalue weighted by Crippen LogP contribution is -2.43. The number of imidazole rings is 1. The summed E-state index contributed by atoms with van der Waals surface area (Å²) in [5, 5.41) is 17.3. The molecule has 1 unspecified atom stereocenters. The first kappa shape index (κ1) is 23.4. The SMILES string of the molecule is CC(C)NC(=O)CCC(O)(c1ccc(-n2cc(-c3ccnc4nc[nH]c34)cn2)nc1)C(F)(F)F. The highest BCUT2D eigenvalue weighted by Crippen LogP contribution is 2.42. The molecule has 0 aliphatic rings. The largest absolute Gasteiger partial charge is 0.421 e. The average molecular weight is 473 g/mol. The van der Waals surface area contributed by atoms with Gasteiger partial charge in [0.1, 0.15) is 0 Å². The number of alkyl halides is 3. The summed E-state index contributed by atoms with van der Waals surface area (Å²) in [5.41, 5.74) is -0.877. The van der Waals surface area contributed by atoms with Gasteiger partial charge in [-0.25, -0.2) is 19.6 Å². The van der Waals surface area contributed by atoms with Crippen LogP contribution in [0.5, 0.6) is 0 Å². The van der Waals surface area contributed by atoms with Gasteiger partial charge >= 0.3 is 6.18 Å². The Morgan fingerprint density at radius 2 is 1.97 bits per heavy atom. The molecule has 4 aromatic heterocycles. The Bertz CT molecular complexity index is 1300. The van der Waals surface area contributed by atoms with Crippen LogP contribution in [0.3, 0.4) is 0 Å². The van der Waals surface area contributed by atoms with E-state index in [1.54, 1.807) is 38.5 Å². The van der Waals surface area contributed by atoms with Gasteiger partial charge in [0.05, 0.1) is 18.0 Å². The number of H-pyrrole nitrogens is 1. The maximum atomic E-state index is 13.8. The first-order valence-corrected chi connectivity index (χ1v) is 10.5. The van der Waals surface area contributed by atoms with Crippen LogP contribution in [0.15, 0.2) is 49.3 Å². The number of hydrogen-bond acceptors (Lipinski definition) is 6. The molecule has 0 spiro atoms. The Kier molecular flexibility index (Phi) is 6.09. The number of halogens is 3. The van der Waals surface area contributed by atoms with Gasteiger partial charge in [0, 0.05) is 47.7 Å². The van der Waals surface area contributed by atoms with Gasteiger partial charge in [0.2, 0.25) is 5.91 Å². The number of aromatic nitrogens is 6. The van der Waals surface area contributed by atoms with Crippen LogP contribution in [0.25, 0.3) is 28.1 Å². The third-order valence-corrected chi connectivity index (χ3v) is 5.31. The normalized spacial score (nSPS) is 13.9. The van der Waals surface area contributed by atoms with Gasteiger partial charge in [-0.1, -0.05) is 6.07 Å². The van der Waals surface area contributed by atoms with E-state index in [0.29, 0.717) is 5.65 Å². The fraction of sp³-hybridized carbons (Fsp3) is 0.318. The molecule has 0 radical (unpaired) electrons. The first-order chi connectivity index (χ1) is 16.1. The number of aromatic amines is 1. The van der Waals surface area contributed by atoms with Crippen LogP contribution in [0.4, 0.5) is 13.2 Å². The third-order valence-electron chi connectivity index (χ3n) is 5.31. The predicted octanol–water partition coefficient (Wildman–Crippen LogP) is 3.26. The van der Waals surface area contributed by atoms with E-state index in [0.717, 1.165) is 28.9 Å². The van der Waals surface area contributed by atoms with Gasteiger partial charge in [-0.05, 0) is 32.4 Å². The Morgan fingerprint density at radius 1 is 1.18 bits per heavy atom. The highest BCUT2D eigenvalue weighted by Gasteiger charge is 2.55.